The van der Waals surface area contributed by atoms with Crippen LogP contribution in [0.25, 0.3) is 0 Å². The average molecular weight is 406 g/mol. The molecule has 0 spiro atoms. The number of nitrogens with one attached hydrogen (secondary N) is 1. The van der Waals surface area contributed by atoms with Crippen LogP contribution in [0.2, 0.25) is 0 Å². The van der Waals surface area contributed by atoms with Crippen LogP contribution < -0.4 is 5.32 Å². The maximum absolute atomic E-state index is 12.2. The van der Waals surface area contributed by atoms with Crippen LogP contribution in [0.15, 0.2) is 0 Å². The molecule has 0 aliphatic carbocycles. The van der Waals surface area contributed by atoms with Crippen molar-refractivity contribution in [3.05, 3.63) is 0 Å². The second-order valence-electron chi connectivity index (χ2n) is 6.54. The maximum atomic E-state index is 12.2. The van der Waals surface area contributed by atoms with Crippen molar-refractivity contribution in [1.82, 2.24) is 5.32 Å². The highest BCUT2D eigenvalue weighted by atomic mass is 33.1. The average Bonchev–Trinajstić information content (AvgIpc) is 3.08. The van der Waals surface area contributed by atoms with Crippen molar-refractivity contribution < 1.29 is 29.4 Å². The first kappa shape index (κ1) is 22.8. The number of rotatable bonds is 13. The number of aliphatic carboxylic acids is 2. The number of unbranched alkanes of at least 4 members (excludes halogenated alkanes) is 1. The second kappa shape index (κ2) is 12.2. The molecule has 1 rings (SSSR count). The van der Waals surface area contributed by atoms with Crippen molar-refractivity contribution in [2.75, 3.05) is 5.75 Å². The molecule has 148 valence electrons. The van der Waals surface area contributed by atoms with Crippen LogP contribution in [0.5, 0.6) is 0 Å². The van der Waals surface area contributed by atoms with E-state index >= 15 is 0 Å². The molecule has 0 aromatic carbocycles. The third kappa shape index (κ3) is 9.47. The Morgan fingerprint density at radius 3 is 2.46 bits per heavy atom. The van der Waals surface area contributed by atoms with Gasteiger partial charge in [-0.25, -0.2) is 0 Å². The molecule has 0 bridgehead atoms. The highest BCUT2D eigenvalue weighted by molar-refractivity contribution is 8.77. The van der Waals surface area contributed by atoms with Gasteiger partial charge in [-0.15, -0.1) is 0 Å². The minimum absolute atomic E-state index is 0.0256. The number of ketones is 1. The van der Waals surface area contributed by atoms with Gasteiger partial charge in [-0.05, 0) is 25.7 Å². The lowest BCUT2D eigenvalue weighted by Gasteiger charge is -2.18. The van der Waals surface area contributed by atoms with Crippen molar-refractivity contribution >= 4 is 45.2 Å². The number of Topliss-reactive ketones (excluding diaryl/α,β-unsaturated/α-hetero) is 1. The molecule has 1 aliphatic rings. The topological polar surface area (TPSA) is 121 Å². The molecule has 1 fully saturated rings. The van der Waals surface area contributed by atoms with Crippen LogP contribution in [-0.2, 0) is 19.2 Å². The van der Waals surface area contributed by atoms with Crippen LogP contribution in [0.4, 0.5) is 0 Å². The molecule has 7 nitrogen and oxygen atoms in total. The lowest BCUT2D eigenvalue weighted by molar-refractivity contribution is -0.143. The van der Waals surface area contributed by atoms with Crippen LogP contribution in [0, 0.1) is 5.92 Å². The smallest absolute Gasteiger partial charge is 0.306 e. The van der Waals surface area contributed by atoms with Crippen LogP contribution >= 0.6 is 21.6 Å². The van der Waals surface area contributed by atoms with Gasteiger partial charge in [-0.2, -0.15) is 0 Å². The SMILES string of the molecule is C[C@@H](CC(=O)[C@H](CCC(=O)O)NC(=O)CCCC[C@H]1CCSS1)C(=O)O. The lowest BCUT2D eigenvalue weighted by atomic mass is 9.97. The summed E-state index contributed by atoms with van der Waals surface area (Å²) in [5.74, 6) is -2.56. The fourth-order valence-corrected chi connectivity index (χ4v) is 5.63. The number of carbonyl (C=O) groups is 4. The summed E-state index contributed by atoms with van der Waals surface area (Å²) in [5.41, 5.74) is 0. The maximum Gasteiger partial charge on any atom is 0.306 e. The van der Waals surface area contributed by atoms with Gasteiger partial charge in [-0.3, -0.25) is 19.2 Å². The molecule has 0 unspecified atom stereocenters. The van der Waals surface area contributed by atoms with Crippen LogP contribution in [0.3, 0.4) is 0 Å². The molecule has 0 radical (unpaired) electrons. The molecular formula is C17H27NO6S2. The predicted octanol–water partition coefficient (Wildman–Crippen LogP) is 2.73. The van der Waals surface area contributed by atoms with E-state index in [1.807, 2.05) is 21.6 Å². The van der Waals surface area contributed by atoms with E-state index in [4.69, 9.17) is 10.2 Å². The van der Waals surface area contributed by atoms with E-state index < -0.39 is 29.7 Å². The molecule has 1 amide bonds. The normalized spacial score (nSPS) is 18.9. The molecule has 0 saturated carbocycles. The van der Waals surface area contributed by atoms with Crippen LogP contribution in [-0.4, -0.2) is 50.9 Å². The Balaban J connectivity index is 2.41. The molecule has 0 aromatic rings. The third-order valence-corrected chi connectivity index (χ3v) is 7.21. The van der Waals surface area contributed by atoms with E-state index in [1.165, 1.54) is 19.1 Å². The van der Waals surface area contributed by atoms with Gasteiger partial charge in [0.1, 0.15) is 0 Å². The standard InChI is InChI=1S/C17H27NO6S2/c1-11(17(23)24)10-14(19)13(6-7-16(21)22)18-15(20)5-3-2-4-12-8-9-25-26-12/h11-13H,2-10H2,1H3,(H,18,20)(H,21,22)(H,23,24)/t11-,12-,13-/m0/s1. The van der Waals surface area contributed by atoms with Gasteiger partial charge < -0.3 is 15.5 Å². The summed E-state index contributed by atoms with van der Waals surface area (Å²) in [6.45, 7) is 1.41. The van der Waals surface area contributed by atoms with E-state index in [0.717, 1.165) is 19.3 Å². The molecule has 9 heteroatoms. The van der Waals surface area contributed by atoms with Gasteiger partial charge >= 0.3 is 11.9 Å². The zero-order chi connectivity index (χ0) is 19.5. The largest absolute Gasteiger partial charge is 0.481 e. The number of carboxylic acid groups (broad SMARTS) is 2. The molecule has 1 saturated heterocycles. The van der Waals surface area contributed by atoms with Crippen molar-refractivity contribution in [2.45, 2.75) is 69.6 Å². The second-order valence-corrected chi connectivity index (χ2v) is 9.32. The molecular weight excluding hydrogens is 378 g/mol. The Morgan fingerprint density at radius 1 is 1.15 bits per heavy atom. The van der Waals surface area contributed by atoms with E-state index in [-0.39, 0.29) is 31.6 Å². The molecule has 1 heterocycles. The van der Waals surface area contributed by atoms with Gasteiger partial charge in [0, 0.05) is 30.3 Å². The zero-order valence-electron chi connectivity index (χ0n) is 14.9. The summed E-state index contributed by atoms with van der Waals surface area (Å²) >= 11 is 0. The zero-order valence-corrected chi connectivity index (χ0v) is 16.6. The predicted molar refractivity (Wildman–Crippen MR) is 102 cm³/mol. The number of hydrogen-bond acceptors (Lipinski definition) is 6. The van der Waals surface area contributed by atoms with Crippen molar-refractivity contribution in [2.24, 2.45) is 5.92 Å². The molecule has 3 N–H and O–H groups in total. The summed E-state index contributed by atoms with van der Waals surface area (Å²) in [5, 5.41) is 21.0. The fourth-order valence-electron chi connectivity index (χ4n) is 2.60. The minimum atomic E-state index is -1.09. The third-order valence-electron chi connectivity index (χ3n) is 4.21. The van der Waals surface area contributed by atoms with Gasteiger partial charge in [-0.1, -0.05) is 34.9 Å². The Kier molecular flexibility index (Phi) is 10.7. The Hall–Kier alpha value is -1.22. The van der Waals surface area contributed by atoms with E-state index in [0.29, 0.717) is 5.25 Å². The number of carboxylic acids is 2. The number of carbonyl (C=O) groups excluding carboxylic acids is 2. The molecule has 1 aliphatic heterocycles. The van der Waals surface area contributed by atoms with Crippen molar-refractivity contribution in [1.29, 1.82) is 0 Å². The van der Waals surface area contributed by atoms with Gasteiger partial charge in [0.15, 0.2) is 5.78 Å². The van der Waals surface area contributed by atoms with Crippen LogP contribution in [0.1, 0.15) is 58.3 Å². The van der Waals surface area contributed by atoms with Crippen molar-refractivity contribution in [3.63, 3.8) is 0 Å². The summed E-state index contributed by atoms with van der Waals surface area (Å²) in [4.78, 5) is 46.0. The molecule has 0 aromatic heterocycles. The van der Waals surface area contributed by atoms with E-state index in [2.05, 4.69) is 5.32 Å². The van der Waals surface area contributed by atoms with Gasteiger partial charge in [0.25, 0.3) is 0 Å². The molecule has 3 atom stereocenters. The van der Waals surface area contributed by atoms with E-state index in [1.54, 1.807) is 0 Å². The lowest BCUT2D eigenvalue weighted by Crippen LogP contribution is -2.42. The van der Waals surface area contributed by atoms with Crippen molar-refractivity contribution in [3.8, 4) is 0 Å². The summed E-state index contributed by atoms with van der Waals surface area (Å²) in [6.07, 6.45) is 3.72. The quantitative estimate of drug-likeness (QED) is 0.316. The first-order chi connectivity index (χ1) is 12.3. The first-order valence-electron chi connectivity index (χ1n) is 8.84. The Labute approximate surface area is 161 Å². The highest BCUT2D eigenvalue weighted by Gasteiger charge is 2.25. The first-order valence-corrected chi connectivity index (χ1v) is 11.2. The number of hydrogen-bond donors (Lipinski definition) is 3. The summed E-state index contributed by atoms with van der Waals surface area (Å²) < 4.78 is 0. The highest BCUT2D eigenvalue weighted by Crippen LogP contribution is 2.39. The monoisotopic (exact) mass is 405 g/mol. The molecule has 26 heavy (non-hydrogen) atoms. The fraction of sp³-hybridized carbons (Fsp3) is 0.765. The van der Waals surface area contributed by atoms with Gasteiger partial charge in [0.05, 0.1) is 12.0 Å². The van der Waals surface area contributed by atoms with Gasteiger partial charge in [0.2, 0.25) is 5.91 Å². The summed E-state index contributed by atoms with van der Waals surface area (Å²) in [6, 6.07) is -0.942. The van der Waals surface area contributed by atoms with E-state index in [9.17, 15) is 19.2 Å². The Bertz CT molecular complexity index is 507. The summed E-state index contributed by atoms with van der Waals surface area (Å²) in [7, 11) is 3.78. The number of amides is 1. The minimum Gasteiger partial charge on any atom is -0.481 e. The Morgan fingerprint density at radius 2 is 1.88 bits per heavy atom.